The van der Waals surface area contributed by atoms with Crippen LogP contribution in [0.3, 0.4) is 0 Å². The number of benzene rings is 1. The number of halogens is 1. The Balaban J connectivity index is 1.78. The number of hydrogen-bond donors (Lipinski definition) is 0. The number of carbonyl (C=O) groups is 2. The van der Waals surface area contributed by atoms with Crippen LogP contribution in [0.5, 0.6) is 0 Å². The van der Waals surface area contributed by atoms with Gasteiger partial charge >= 0.3 is 6.09 Å². The van der Waals surface area contributed by atoms with Crippen molar-refractivity contribution in [2.75, 3.05) is 0 Å². The number of ketones is 1. The third kappa shape index (κ3) is 3.76. The molecular weight excluding hydrogens is 333 g/mol. The van der Waals surface area contributed by atoms with Crippen LogP contribution in [0.25, 0.3) is 0 Å². The Labute approximate surface area is 154 Å². The van der Waals surface area contributed by atoms with E-state index >= 15 is 0 Å². The van der Waals surface area contributed by atoms with Crippen molar-refractivity contribution < 1.29 is 18.7 Å². The van der Waals surface area contributed by atoms with Crippen molar-refractivity contribution in [1.29, 1.82) is 0 Å². The molecule has 0 aliphatic carbocycles. The lowest BCUT2D eigenvalue weighted by Gasteiger charge is -2.48. The third-order valence-corrected chi connectivity index (χ3v) is 5.41. The first kappa shape index (κ1) is 18.9. The van der Waals surface area contributed by atoms with Crippen molar-refractivity contribution in [1.82, 2.24) is 4.90 Å². The van der Waals surface area contributed by atoms with Crippen LogP contribution < -0.4 is 0 Å². The predicted molar refractivity (Wildman–Crippen MR) is 97.7 cm³/mol. The Morgan fingerprint density at radius 1 is 1.15 bits per heavy atom. The summed E-state index contributed by atoms with van der Waals surface area (Å²) in [6.07, 6.45) is 3.67. The highest BCUT2D eigenvalue weighted by atomic mass is 19.1. The molecule has 2 saturated heterocycles. The van der Waals surface area contributed by atoms with Crippen LogP contribution in [0.4, 0.5) is 9.18 Å². The van der Waals surface area contributed by atoms with E-state index in [4.69, 9.17) is 4.74 Å². The van der Waals surface area contributed by atoms with E-state index in [1.165, 1.54) is 0 Å². The topological polar surface area (TPSA) is 46.6 Å². The van der Waals surface area contributed by atoms with Crippen molar-refractivity contribution in [2.24, 2.45) is 5.92 Å². The van der Waals surface area contributed by atoms with Crippen LogP contribution in [0.2, 0.25) is 0 Å². The van der Waals surface area contributed by atoms with E-state index in [1.54, 1.807) is 25.1 Å². The molecule has 2 atom stereocenters. The van der Waals surface area contributed by atoms with E-state index in [0.29, 0.717) is 18.4 Å². The highest BCUT2D eigenvalue weighted by molar-refractivity contribution is 5.98. The molecule has 142 valence electrons. The van der Waals surface area contributed by atoms with Crippen molar-refractivity contribution in [3.05, 3.63) is 35.1 Å². The number of nitrogens with zero attached hydrogens (tertiary/aromatic N) is 1. The second kappa shape index (κ2) is 7.01. The van der Waals surface area contributed by atoms with Gasteiger partial charge in [0.25, 0.3) is 0 Å². The van der Waals surface area contributed by atoms with E-state index in [-0.39, 0.29) is 35.4 Å². The number of rotatable bonds is 2. The molecule has 4 nitrogen and oxygen atoms in total. The predicted octanol–water partition coefficient (Wildman–Crippen LogP) is 4.89. The minimum atomic E-state index is -0.539. The average molecular weight is 361 g/mol. The van der Waals surface area contributed by atoms with Gasteiger partial charge < -0.3 is 9.64 Å². The van der Waals surface area contributed by atoms with Crippen molar-refractivity contribution in [2.45, 2.75) is 77.5 Å². The molecule has 0 saturated carbocycles. The molecule has 2 bridgehead atoms. The quantitative estimate of drug-likeness (QED) is 0.705. The molecule has 0 radical (unpaired) electrons. The highest BCUT2D eigenvalue weighted by Crippen LogP contribution is 2.39. The van der Waals surface area contributed by atoms with Gasteiger partial charge in [-0.1, -0.05) is 12.1 Å². The molecule has 1 amide bonds. The summed E-state index contributed by atoms with van der Waals surface area (Å²) in [5.74, 6) is -0.788. The van der Waals surface area contributed by atoms with Gasteiger partial charge in [-0.15, -0.1) is 0 Å². The Hall–Kier alpha value is -1.91. The minimum absolute atomic E-state index is 0.000768. The second-order valence-corrected chi connectivity index (χ2v) is 8.60. The van der Waals surface area contributed by atoms with E-state index in [9.17, 15) is 14.0 Å². The molecule has 2 aliphatic heterocycles. The summed E-state index contributed by atoms with van der Waals surface area (Å²) < 4.78 is 20.0. The maximum absolute atomic E-state index is 14.4. The van der Waals surface area contributed by atoms with Crippen molar-refractivity contribution in [3.8, 4) is 0 Å². The maximum atomic E-state index is 14.4. The zero-order chi connectivity index (χ0) is 19.1. The maximum Gasteiger partial charge on any atom is 0.410 e. The summed E-state index contributed by atoms with van der Waals surface area (Å²) in [7, 11) is 0. The van der Waals surface area contributed by atoms with Crippen LogP contribution in [0.1, 0.15) is 68.8 Å². The molecule has 2 fully saturated rings. The Morgan fingerprint density at radius 2 is 1.77 bits per heavy atom. The summed E-state index contributed by atoms with van der Waals surface area (Å²) in [6, 6.07) is 4.97. The molecule has 0 aromatic heterocycles. The third-order valence-electron chi connectivity index (χ3n) is 5.41. The monoisotopic (exact) mass is 361 g/mol. The number of amides is 1. The SMILES string of the molecule is Cc1cccc(C(=O)C2CC3CCCC(C2)N3C(=O)OC(C)(C)C)c1F. The summed E-state index contributed by atoms with van der Waals surface area (Å²) in [6.45, 7) is 7.25. The van der Waals surface area contributed by atoms with Crippen molar-refractivity contribution >= 4 is 11.9 Å². The van der Waals surface area contributed by atoms with Crippen molar-refractivity contribution in [3.63, 3.8) is 0 Å². The van der Waals surface area contributed by atoms with Crippen LogP contribution in [0.15, 0.2) is 18.2 Å². The van der Waals surface area contributed by atoms with Gasteiger partial charge in [-0.2, -0.15) is 0 Å². The smallest absolute Gasteiger partial charge is 0.410 e. The van der Waals surface area contributed by atoms with E-state index < -0.39 is 11.4 Å². The van der Waals surface area contributed by atoms with Gasteiger partial charge in [0.05, 0.1) is 5.56 Å². The lowest BCUT2D eigenvalue weighted by Crippen LogP contribution is -2.56. The van der Waals surface area contributed by atoms with Gasteiger partial charge in [0.2, 0.25) is 0 Å². The molecule has 26 heavy (non-hydrogen) atoms. The zero-order valence-electron chi connectivity index (χ0n) is 16.0. The largest absolute Gasteiger partial charge is 0.444 e. The molecular formula is C21H28FNO3. The normalized spacial score (nSPS) is 25.7. The Kier molecular flexibility index (Phi) is 5.09. The van der Waals surface area contributed by atoms with Crippen LogP contribution in [-0.2, 0) is 4.74 Å². The van der Waals surface area contributed by atoms with Crippen LogP contribution >= 0.6 is 0 Å². The number of piperidine rings is 2. The highest BCUT2D eigenvalue weighted by Gasteiger charge is 2.44. The van der Waals surface area contributed by atoms with Gasteiger partial charge in [0.1, 0.15) is 11.4 Å². The number of Topliss-reactive ketones (excluding diaryl/α,β-unsaturated/α-hetero) is 1. The Morgan fingerprint density at radius 3 is 2.35 bits per heavy atom. The molecule has 1 aromatic rings. The number of ether oxygens (including phenoxy) is 1. The molecule has 5 heteroatoms. The fraction of sp³-hybridized carbons (Fsp3) is 0.619. The Bertz CT molecular complexity index is 696. The number of aryl methyl sites for hydroxylation is 1. The number of hydrogen-bond acceptors (Lipinski definition) is 3. The number of fused-ring (bicyclic) bond motifs is 2. The first-order valence-electron chi connectivity index (χ1n) is 9.48. The zero-order valence-corrected chi connectivity index (χ0v) is 16.0. The molecule has 2 aliphatic rings. The molecule has 2 heterocycles. The molecule has 3 rings (SSSR count). The first-order valence-corrected chi connectivity index (χ1v) is 9.48. The van der Waals surface area contributed by atoms with Crippen LogP contribution in [-0.4, -0.2) is 34.5 Å². The lowest BCUT2D eigenvalue weighted by molar-refractivity contribution is -0.0261. The summed E-state index contributed by atoms with van der Waals surface area (Å²) in [5, 5.41) is 0. The minimum Gasteiger partial charge on any atom is -0.444 e. The van der Waals surface area contributed by atoms with E-state index in [2.05, 4.69) is 0 Å². The van der Waals surface area contributed by atoms with Gasteiger partial charge in [0, 0.05) is 18.0 Å². The van der Waals surface area contributed by atoms with Gasteiger partial charge in [-0.25, -0.2) is 9.18 Å². The first-order chi connectivity index (χ1) is 12.2. The van der Waals surface area contributed by atoms with E-state index in [1.807, 2.05) is 25.7 Å². The van der Waals surface area contributed by atoms with Gasteiger partial charge in [0.15, 0.2) is 5.78 Å². The fourth-order valence-corrected chi connectivity index (χ4v) is 4.27. The lowest BCUT2D eigenvalue weighted by atomic mass is 9.75. The average Bonchev–Trinajstić information content (AvgIpc) is 2.54. The molecule has 0 N–H and O–H groups in total. The molecule has 1 aromatic carbocycles. The summed E-state index contributed by atoms with van der Waals surface area (Å²) >= 11 is 0. The number of carbonyl (C=O) groups excluding carboxylic acids is 2. The standard InChI is InChI=1S/C21H28FNO3/c1-13-7-5-10-17(18(13)22)19(24)14-11-15-8-6-9-16(12-14)23(15)20(25)26-21(2,3)4/h5,7,10,14-16H,6,8-9,11-12H2,1-4H3. The molecule has 0 spiro atoms. The second-order valence-electron chi connectivity index (χ2n) is 8.60. The fourth-order valence-electron chi connectivity index (χ4n) is 4.27. The van der Waals surface area contributed by atoms with Crippen LogP contribution in [0, 0.1) is 18.7 Å². The van der Waals surface area contributed by atoms with E-state index in [0.717, 1.165) is 19.3 Å². The van der Waals surface area contributed by atoms with Gasteiger partial charge in [-0.05, 0) is 71.4 Å². The molecule has 2 unspecified atom stereocenters. The van der Waals surface area contributed by atoms with Gasteiger partial charge in [-0.3, -0.25) is 4.79 Å². The summed E-state index contributed by atoms with van der Waals surface area (Å²) in [4.78, 5) is 27.4. The summed E-state index contributed by atoms with van der Waals surface area (Å²) in [5.41, 5.74) is 0.129.